The number of ether oxygens (including phenoxy) is 4. The Labute approximate surface area is 583 Å². The van der Waals surface area contributed by atoms with E-state index in [2.05, 4.69) is 113 Å². The van der Waals surface area contributed by atoms with Gasteiger partial charge in [0, 0.05) is 25.7 Å². The maximum absolute atomic E-state index is 13.1. The van der Waals surface area contributed by atoms with Crippen LogP contribution in [0.5, 0.6) is 0 Å². The summed E-state index contributed by atoms with van der Waals surface area (Å²) in [5.41, 5.74) is 0. The Balaban J connectivity index is 5.30. The topological polar surface area (TPSA) is 237 Å². The van der Waals surface area contributed by atoms with Crippen molar-refractivity contribution in [1.29, 1.82) is 0 Å². The standard InChI is InChI=1S/C77H136O17P2/c1-5-9-13-17-21-25-29-31-33-34-35-36-38-40-44-46-50-54-58-62-75(80)88-68-73(94-77(82)64-60-56-52-48-42-28-24-20-16-12-8-4)70-92-96(85,86)90-66-71(78)65-89-95(83,84)91-69-72(93-76(81)63-59-55-51-47-41-27-23-19-15-11-7-3)67-87-74(79)61-57-53-49-45-43-39-37-32-30-26-22-18-14-10-6-2/h10,14,21-22,25-26,31-33,35-37,43,45,71-73,78H,5-9,11-13,15-20,23-24,27-30,34,38-42,44,46-70H2,1-4H3,(H,83,84)(H,85,86)/b14-10-,25-21-,26-22-,33-31-,36-35-,37-32-,45-43-. The molecule has 0 heterocycles. The van der Waals surface area contributed by atoms with Gasteiger partial charge in [-0.15, -0.1) is 0 Å². The van der Waals surface area contributed by atoms with Crippen molar-refractivity contribution in [1.82, 2.24) is 0 Å². The van der Waals surface area contributed by atoms with Gasteiger partial charge in [0.05, 0.1) is 26.4 Å². The first-order valence-electron chi connectivity index (χ1n) is 37.8. The summed E-state index contributed by atoms with van der Waals surface area (Å²) in [6.45, 7) is 4.68. The SMILES string of the molecule is CC/C=C\C/C=C\C/C=C\C/C=C\CCCCC(=O)OCC(COP(=O)(O)OCC(O)COP(=O)(O)OCC(COC(=O)CCCCCCCC/C=C\C/C=C\C/C=C\CCCCC)OC(=O)CCCCCCCCCCCCC)OC(=O)CCCCCCCCCCCCC. The van der Waals surface area contributed by atoms with Gasteiger partial charge < -0.3 is 33.8 Å². The average Bonchev–Trinajstić information content (AvgIpc) is 1.56. The van der Waals surface area contributed by atoms with Crippen LogP contribution in [0.3, 0.4) is 0 Å². The number of phosphoric ester groups is 2. The van der Waals surface area contributed by atoms with Gasteiger partial charge in [-0.2, -0.15) is 0 Å². The van der Waals surface area contributed by atoms with Crippen LogP contribution in [0.25, 0.3) is 0 Å². The lowest BCUT2D eigenvalue weighted by Crippen LogP contribution is -2.30. The van der Waals surface area contributed by atoms with Crippen LogP contribution in [0.4, 0.5) is 0 Å². The van der Waals surface area contributed by atoms with E-state index in [1.54, 1.807) is 0 Å². The maximum Gasteiger partial charge on any atom is 0.472 e. The number of aliphatic hydroxyl groups excluding tert-OH is 1. The van der Waals surface area contributed by atoms with E-state index in [1.807, 2.05) is 0 Å². The molecule has 17 nitrogen and oxygen atoms in total. The van der Waals surface area contributed by atoms with Crippen molar-refractivity contribution in [3.05, 3.63) is 85.1 Å². The predicted molar refractivity (Wildman–Crippen MR) is 390 cm³/mol. The Bertz CT molecular complexity index is 2160. The van der Waals surface area contributed by atoms with Crippen molar-refractivity contribution < 1.29 is 80.2 Å². The molecule has 0 amide bonds. The molecule has 5 atom stereocenters. The van der Waals surface area contributed by atoms with Gasteiger partial charge in [0.1, 0.15) is 19.3 Å². The van der Waals surface area contributed by atoms with Crippen LogP contribution in [-0.4, -0.2) is 96.7 Å². The first kappa shape index (κ1) is 92.2. The lowest BCUT2D eigenvalue weighted by Gasteiger charge is -2.21. The van der Waals surface area contributed by atoms with Crippen LogP contribution in [0, 0.1) is 0 Å². The number of allylic oxidation sites excluding steroid dienone is 14. The van der Waals surface area contributed by atoms with Gasteiger partial charge in [0.25, 0.3) is 0 Å². The zero-order chi connectivity index (χ0) is 70.4. The Morgan fingerprint density at radius 3 is 0.875 bits per heavy atom. The van der Waals surface area contributed by atoms with E-state index in [9.17, 15) is 43.2 Å². The molecule has 0 rings (SSSR count). The second-order valence-electron chi connectivity index (χ2n) is 25.2. The molecular weight excluding hydrogens is 1260 g/mol. The van der Waals surface area contributed by atoms with E-state index in [-0.39, 0.29) is 25.7 Å². The van der Waals surface area contributed by atoms with E-state index in [0.29, 0.717) is 25.7 Å². The minimum Gasteiger partial charge on any atom is -0.462 e. The number of hydrogen-bond donors (Lipinski definition) is 3. The third-order valence-electron chi connectivity index (χ3n) is 15.9. The fourth-order valence-electron chi connectivity index (χ4n) is 10.1. The molecule has 0 aliphatic rings. The van der Waals surface area contributed by atoms with Crippen LogP contribution in [0.15, 0.2) is 85.1 Å². The normalized spacial score (nSPS) is 14.4. The summed E-state index contributed by atoms with van der Waals surface area (Å²) in [5.74, 6) is -2.22. The molecule has 96 heavy (non-hydrogen) atoms. The summed E-state index contributed by atoms with van der Waals surface area (Å²) in [4.78, 5) is 72.7. The van der Waals surface area contributed by atoms with Gasteiger partial charge in [0.2, 0.25) is 0 Å². The van der Waals surface area contributed by atoms with E-state index < -0.39 is 97.5 Å². The summed E-state index contributed by atoms with van der Waals surface area (Å²) in [5, 5.41) is 10.6. The molecule has 0 aliphatic carbocycles. The third kappa shape index (κ3) is 68.8. The minimum atomic E-state index is -4.97. The molecule has 0 spiro atoms. The number of aliphatic hydroxyl groups is 1. The number of phosphoric acid groups is 2. The molecular formula is C77H136O17P2. The molecule has 0 aliphatic heterocycles. The van der Waals surface area contributed by atoms with Crippen LogP contribution in [0.2, 0.25) is 0 Å². The maximum atomic E-state index is 13.1. The van der Waals surface area contributed by atoms with E-state index in [4.69, 9.17) is 37.0 Å². The molecule has 556 valence electrons. The summed E-state index contributed by atoms with van der Waals surface area (Å²) >= 11 is 0. The molecule has 19 heteroatoms. The van der Waals surface area contributed by atoms with Crippen molar-refractivity contribution in [2.75, 3.05) is 39.6 Å². The fraction of sp³-hybridized carbons (Fsp3) is 0.766. The van der Waals surface area contributed by atoms with Crippen molar-refractivity contribution in [2.45, 2.75) is 341 Å². The smallest absolute Gasteiger partial charge is 0.462 e. The van der Waals surface area contributed by atoms with Gasteiger partial charge in [-0.25, -0.2) is 9.13 Å². The summed E-state index contributed by atoms with van der Waals surface area (Å²) < 4.78 is 68.3. The molecule has 3 N–H and O–H groups in total. The van der Waals surface area contributed by atoms with E-state index in [1.165, 1.54) is 96.3 Å². The molecule has 0 bridgehead atoms. The van der Waals surface area contributed by atoms with Gasteiger partial charge >= 0.3 is 39.5 Å². The number of rotatable bonds is 71. The fourth-order valence-corrected chi connectivity index (χ4v) is 11.7. The van der Waals surface area contributed by atoms with E-state index >= 15 is 0 Å². The highest BCUT2D eigenvalue weighted by atomic mass is 31.2. The number of hydrogen-bond acceptors (Lipinski definition) is 15. The number of carbonyl (C=O) groups is 4. The minimum absolute atomic E-state index is 0.0893. The second-order valence-corrected chi connectivity index (χ2v) is 28.1. The van der Waals surface area contributed by atoms with Crippen molar-refractivity contribution in [3.63, 3.8) is 0 Å². The quantitative estimate of drug-likeness (QED) is 0.0169. The lowest BCUT2D eigenvalue weighted by atomic mass is 10.1. The number of unbranched alkanes of at least 4 members (excludes halogenated alkanes) is 31. The van der Waals surface area contributed by atoms with Gasteiger partial charge in [-0.05, 0) is 103 Å². The lowest BCUT2D eigenvalue weighted by molar-refractivity contribution is -0.161. The van der Waals surface area contributed by atoms with Gasteiger partial charge in [0.15, 0.2) is 12.2 Å². The van der Waals surface area contributed by atoms with Crippen molar-refractivity contribution >= 4 is 39.5 Å². The van der Waals surface area contributed by atoms with E-state index in [0.717, 1.165) is 148 Å². The van der Waals surface area contributed by atoms with Crippen molar-refractivity contribution in [3.8, 4) is 0 Å². The largest absolute Gasteiger partial charge is 0.472 e. The Morgan fingerprint density at radius 1 is 0.302 bits per heavy atom. The number of esters is 4. The van der Waals surface area contributed by atoms with Crippen LogP contribution in [0.1, 0.15) is 323 Å². The average molecular weight is 1400 g/mol. The zero-order valence-electron chi connectivity index (χ0n) is 60.5. The van der Waals surface area contributed by atoms with Gasteiger partial charge in [-0.1, -0.05) is 280 Å². The Kier molecular flexibility index (Phi) is 67.0. The molecule has 0 aromatic carbocycles. The summed E-state index contributed by atoms with van der Waals surface area (Å²) in [7, 11) is -9.94. The zero-order valence-corrected chi connectivity index (χ0v) is 62.3. The van der Waals surface area contributed by atoms with Crippen LogP contribution in [-0.2, 0) is 65.4 Å². The second kappa shape index (κ2) is 69.7. The van der Waals surface area contributed by atoms with Crippen LogP contribution >= 0.6 is 15.6 Å². The molecule has 5 unspecified atom stereocenters. The predicted octanol–water partition coefficient (Wildman–Crippen LogP) is 21.4. The van der Waals surface area contributed by atoms with Gasteiger partial charge in [-0.3, -0.25) is 37.3 Å². The third-order valence-corrected chi connectivity index (χ3v) is 17.8. The number of carbonyl (C=O) groups excluding carboxylic acids is 4. The summed E-state index contributed by atoms with van der Waals surface area (Å²) in [6.07, 6.45) is 70.1. The molecule has 0 fully saturated rings. The molecule has 0 saturated carbocycles. The highest BCUT2D eigenvalue weighted by Crippen LogP contribution is 2.45. The summed E-state index contributed by atoms with van der Waals surface area (Å²) in [6, 6.07) is 0. The molecule has 0 aromatic rings. The first-order valence-corrected chi connectivity index (χ1v) is 40.8. The molecule has 0 saturated heterocycles. The Morgan fingerprint density at radius 2 is 0.542 bits per heavy atom. The highest BCUT2D eigenvalue weighted by Gasteiger charge is 2.30. The molecule has 0 radical (unpaired) electrons. The van der Waals surface area contributed by atoms with Crippen molar-refractivity contribution in [2.24, 2.45) is 0 Å². The monoisotopic (exact) mass is 1390 g/mol. The highest BCUT2D eigenvalue weighted by molar-refractivity contribution is 7.47. The molecule has 0 aromatic heterocycles. The van der Waals surface area contributed by atoms with Crippen LogP contribution < -0.4 is 0 Å². The Hall–Kier alpha value is -3.76. The first-order chi connectivity index (χ1) is 46.7.